The highest BCUT2D eigenvalue weighted by Gasteiger charge is 2.48. The Balaban J connectivity index is 1.79. The number of ether oxygens (including phenoxy) is 1. The lowest BCUT2D eigenvalue weighted by molar-refractivity contribution is -0.137. The van der Waals surface area contributed by atoms with E-state index in [1.54, 1.807) is 7.11 Å². The van der Waals surface area contributed by atoms with Crippen LogP contribution in [0.3, 0.4) is 0 Å². The number of amides is 1. The van der Waals surface area contributed by atoms with E-state index in [9.17, 15) is 18.0 Å². The molecule has 2 heterocycles. The highest BCUT2D eigenvalue weighted by molar-refractivity contribution is 8.15. The minimum atomic E-state index is -3.11. The maximum Gasteiger partial charge on any atom is 0.303 e. The van der Waals surface area contributed by atoms with Crippen LogP contribution in [0.25, 0.3) is 0 Å². The van der Waals surface area contributed by atoms with Gasteiger partial charge in [0.15, 0.2) is 15.0 Å². The summed E-state index contributed by atoms with van der Waals surface area (Å²) in [5.41, 5.74) is 0.927. The SMILES string of the molecule is COc1cccc(CN2C(=NC(=O)CCCC(=O)O)S[C@H]3CS(=O)(=O)C[C@H]32)c1. The molecule has 2 saturated heterocycles. The molecule has 1 amide bonds. The quantitative estimate of drug-likeness (QED) is 0.699. The minimum absolute atomic E-state index is 0.0425. The van der Waals surface area contributed by atoms with Crippen molar-refractivity contribution in [3.05, 3.63) is 29.8 Å². The van der Waals surface area contributed by atoms with Crippen LogP contribution in [-0.4, -0.2) is 65.4 Å². The molecular formula is C18H22N2O6S2. The van der Waals surface area contributed by atoms with E-state index in [1.807, 2.05) is 29.2 Å². The molecular weight excluding hydrogens is 404 g/mol. The number of amidine groups is 1. The fourth-order valence-electron chi connectivity index (χ4n) is 3.34. The van der Waals surface area contributed by atoms with E-state index >= 15 is 0 Å². The summed E-state index contributed by atoms with van der Waals surface area (Å²) < 4.78 is 29.4. The van der Waals surface area contributed by atoms with Gasteiger partial charge in [-0.15, -0.1) is 0 Å². The molecule has 2 aliphatic heterocycles. The minimum Gasteiger partial charge on any atom is -0.497 e. The first-order chi connectivity index (χ1) is 13.3. The smallest absolute Gasteiger partial charge is 0.303 e. The Morgan fingerprint density at radius 3 is 2.82 bits per heavy atom. The highest BCUT2D eigenvalue weighted by Crippen LogP contribution is 2.39. The summed E-state index contributed by atoms with van der Waals surface area (Å²) in [6, 6.07) is 7.23. The van der Waals surface area contributed by atoms with Crippen LogP contribution in [0.2, 0.25) is 0 Å². The number of thioether (sulfide) groups is 1. The van der Waals surface area contributed by atoms with Crippen LogP contribution >= 0.6 is 11.8 Å². The predicted octanol–water partition coefficient (Wildman–Crippen LogP) is 1.55. The lowest BCUT2D eigenvalue weighted by Crippen LogP contribution is -2.37. The number of fused-ring (bicyclic) bond motifs is 1. The highest BCUT2D eigenvalue weighted by atomic mass is 32.2. The van der Waals surface area contributed by atoms with Crippen molar-refractivity contribution < 1.29 is 27.9 Å². The van der Waals surface area contributed by atoms with Crippen LogP contribution in [0, 0.1) is 0 Å². The van der Waals surface area contributed by atoms with Gasteiger partial charge < -0.3 is 14.7 Å². The number of hydrogen-bond donors (Lipinski definition) is 1. The summed E-state index contributed by atoms with van der Waals surface area (Å²) in [5, 5.41) is 9.05. The summed E-state index contributed by atoms with van der Waals surface area (Å²) >= 11 is 1.32. The maximum atomic E-state index is 12.2. The second-order valence-corrected chi connectivity index (χ2v) is 10.2. The van der Waals surface area contributed by atoms with Crippen molar-refractivity contribution in [1.82, 2.24) is 4.90 Å². The average Bonchev–Trinajstić information content (AvgIpc) is 3.07. The summed E-state index contributed by atoms with van der Waals surface area (Å²) in [7, 11) is -1.54. The van der Waals surface area contributed by atoms with Gasteiger partial charge in [0, 0.05) is 24.6 Å². The van der Waals surface area contributed by atoms with Crippen molar-refractivity contribution in [3.8, 4) is 5.75 Å². The Kier molecular flexibility index (Phi) is 6.29. The number of aliphatic imine (C=N–C) groups is 1. The first-order valence-corrected chi connectivity index (χ1v) is 11.6. The van der Waals surface area contributed by atoms with Crippen LogP contribution in [-0.2, 0) is 26.0 Å². The first kappa shape index (κ1) is 20.7. The standard InChI is InChI=1S/C18H22N2O6S2/c1-26-13-5-2-4-12(8-13)9-20-14-10-28(24,25)11-15(14)27-18(20)19-16(21)6-3-7-17(22)23/h2,4-5,8,14-15H,3,6-7,9-11H2,1H3,(H,22,23)/t14-,15+/m1/s1. The van der Waals surface area contributed by atoms with Crippen molar-refractivity contribution in [2.75, 3.05) is 18.6 Å². The molecule has 152 valence electrons. The molecule has 2 atom stereocenters. The fraction of sp³-hybridized carbons (Fsp3) is 0.500. The van der Waals surface area contributed by atoms with E-state index in [2.05, 4.69) is 4.99 Å². The largest absolute Gasteiger partial charge is 0.497 e. The second kappa shape index (κ2) is 8.52. The predicted molar refractivity (Wildman–Crippen MR) is 106 cm³/mol. The van der Waals surface area contributed by atoms with Gasteiger partial charge in [-0.3, -0.25) is 9.59 Å². The Morgan fingerprint density at radius 1 is 1.32 bits per heavy atom. The molecule has 3 rings (SSSR count). The zero-order chi connectivity index (χ0) is 20.3. The van der Waals surface area contributed by atoms with E-state index in [1.165, 1.54) is 11.8 Å². The van der Waals surface area contributed by atoms with Crippen LogP contribution in [0.5, 0.6) is 5.75 Å². The van der Waals surface area contributed by atoms with E-state index in [0.29, 0.717) is 17.5 Å². The number of methoxy groups -OCH3 is 1. The number of carbonyl (C=O) groups excluding carboxylic acids is 1. The maximum absolute atomic E-state index is 12.2. The Labute approximate surface area is 167 Å². The number of carboxylic acids is 1. The lowest BCUT2D eigenvalue weighted by atomic mass is 10.1. The van der Waals surface area contributed by atoms with Gasteiger partial charge in [0.2, 0.25) is 5.91 Å². The number of sulfone groups is 1. The third kappa shape index (κ3) is 5.05. The summed E-state index contributed by atoms with van der Waals surface area (Å²) in [4.78, 5) is 28.8. The van der Waals surface area contributed by atoms with Crippen LogP contribution in [0.4, 0.5) is 0 Å². The van der Waals surface area contributed by atoms with Gasteiger partial charge in [0.1, 0.15) is 5.75 Å². The second-order valence-electron chi connectivity index (χ2n) is 6.82. The zero-order valence-electron chi connectivity index (χ0n) is 15.4. The molecule has 0 saturated carbocycles. The zero-order valence-corrected chi connectivity index (χ0v) is 17.0. The topological polar surface area (TPSA) is 113 Å². The molecule has 0 radical (unpaired) electrons. The van der Waals surface area contributed by atoms with Gasteiger partial charge in [0.05, 0.1) is 24.7 Å². The average molecular weight is 427 g/mol. The van der Waals surface area contributed by atoms with Crippen molar-refractivity contribution in [2.45, 2.75) is 37.1 Å². The number of benzene rings is 1. The molecule has 0 aliphatic carbocycles. The molecule has 8 nitrogen and oxygen atoms in total. The number of hydrogen-bond acceptors (Lipinski definition) is 6. The summed E-state index contributed by atoms with van der Waals surface area (Å²) in [5.74, 6) is -0.523. The Bertz CT molecular complexity index is 899. The Morgan fingerprint density at radius 2 is 2.11 bits per heavy atom. The van der Waals surface area contributed by atoms with E-state index in [-0.39, 0.29) is 48.0 Å². The molecule has 0 spiro atoms. The van der Waals surface area contributed by atoms with Gasteiger partial charge in [-0.25, -0.2) is 8.42 Å². The third-order valence-corrected chi connectivity index (χ3v) is 7.91. The number of nitrogens with zero attached hydrogens (tertiary/aromatic N) is 2. The normalized spacial score (nSPS) is 24.3. The van der Waals surface area contributed by atoms with Gasteiger partial charge in [-0.2, -0.15) is 4.99 Å². The molecule has 2 fully saturated rings. The van der Waals surface area contributed by atoms with Crippen molar-refractivity contribution in [2.24, 2.45) is 4.99 Å². The molecule has 10 heteroatoms. The van der Waals surface area contributed by atoms with E-state index in [4.69, 9.17) is 9.84 Å². The molecule has 28 heavy (non-hydrogen) atoms. The molecule has 1 aromatic carbocycles. The van der Waals surface area contributed by atoms with Gasteiger partial charge in [-0.1, -0.05) is 23.9 Å². The third-order valence-electron chi connectivity index (χ3n) is 4.66. The van der Waals surface area contributed by atoms with Gasteiger partial charge in [-0.05, 0) is 24.1 Å². The number of rotatable bonds is 7. The molecule has 0 aromatic heterocycles. The summed E-state index contributed by atoms with van der Waals surface area (Å²) in [6.45, 7) is 0.419. The molecule has 0 bridgehead atoms. The monoisotopic (exact) mass is 426 g/mol. The fourth-order valence-corrected chi connectivity index (χ4v) is 7.31. The molecule has 1 aromatic rings. The summed E-state index contributed by atoms with van der Waals surface area (Å²) in [6.07, 6.45) is 0.199. The van der Waals surface area contributed by atoms with Gasteiger partial charge >= 0.3 is 5.97 Å². The van der Waals surface area contributed by atoms with Crippen molar-refractivity contribution in [3.63, 3.8) is 0 Å². The van der Waals surface area contributed by atoms with Crippen LogP contribution in [0.15, 0.2) is 29.3 Å². The number of carbonyl (C=O) groups is 2. The molecule has 1 N–H and O–H groups in total. The lowest BCUT2D eigenvalue weighted by Gasteiger charge is -2.24. The van der Waals surface area contributed by atoms with Crippen LogP contribution in [0.1, 0.15) is 24.8 Å². The van der Waals surface area contributed by atoms with E-state index < -0.39 is 15.8 Å². The van der Waals surface area contributed by atoms with Crippen molar-refractivity contribution in [1.29, 1.82) is 0 Å². The first-order valence-electron chi connectivity index (χ1n) is 8.87. The van der Waals surface area contributed by atoms with E-state index in [0.717, 1.165) is 5.56 Å². The molecule has 2 aliphatic rings. The van der Waals surface area contributed by atoms with Crippen LogP contribution < -0.4 is 4.74 Å². The number of carboxylic acid groups (broad SMARTS) is 1. The van der Waals surface area contributed by atoms with Gasteiger partial charge in [0.25, 0.3) is 0 Å². The Hall–Kier alpha value is -2.07. The molecule has 0 unspecified atom stereocenters. The number of aliphatic carboxylic acids is 1. The van der Waals surface area contributed by atoms with Crippen molar-refractivity contribution >= 4 is 38.6 Å².